The van der Waals surface area contributed by atoms with Gasteiger partial charge < -0.3 is 0 Å². The van der Waals surface area contributed by atoms with Crippen LogP contribution in [0.25, 0.3) is 0 Å². The van der Waals surface area contributed by atoms with Crippen molar-refractivity contribution in [2.24, 2.45) is 5.92 Å². The molecule has 0 radical (unpaired) electrons. The molecule has 17 heavy (non-hydrogen) atoms. The molecule has 0 bridgehead atoms. The Bertz CT molecular complexity index is 376. The molecule has 0 amide bonds. The molecule has 2 rings (SSSR count). The lowest BCUT2D eigenvalue weighted by Gasteiger charge is -2.48. The number of alkyl halides is 4. The number of hydrogen-bond acceptors (Lipinski definition) is 1. The zero-order valence-electron chi connectivity index (χ0n) is 9.14. The van der Waals surface area contributed by atoms with Crippen LogP contribution in [0.3, 0.4) is 0 Å². The summed E-state index contributed by atoms with van der Waals surface area (Å²) in [7, 11) is 1.40. The van der Waals surface area contributed by atoms with E-state index in [0.717, 1.165) is 6.08 Å². The molecule has 96 valence electrons. The molecule has 1 saturated heterocycles. The van der Waals surface area contributed by atoms with Gasteiger partial charge in [-0.3, -0.25) is 4.90 Å². The van der Waals surface area contributed by atoms with Crippen molar-refractivity contribution >= 4 is 22.6 Å². The van der Waals surface area contributed by atoms with Crippen molar-refractivity contribution in [2.75, 3.05) is 13.6 Å². The number of hydrogen-bond donors (Lipinski definition) is 0. The lowest BCUT2D eigenvalue weighted by atomic mass is 9.76. The standard InChI is InChI=1S/C11H12F4IN/c1-17-6-5-10(16)4-2-3-7(12)8(10)9(17)11(13,14)15/h2-4,8-9H,5-6H2,1H3. The maximum atomic E-state index is 13.8. The first-order valence-electron chi connectivity index (χ1n) is 5.26. The SMILES string of the molecule is CN1CCC2(I)C=CC=C(F)C2C1C(F)(F)F. The topological polar surface area (TPSA) is 3.24 Å². The molecule has 1 heterocycles. The van der Waals surface area contributed by atoms with E-state index >= 15 is 0 Å². The van der Waals surface area contributed by atoms with Gasteiger partial charge in [-0.15, -0.1) is 0 Å². The first-order valence-corrected chi connectivity index (χ1v) is 6.34. The van der Waals surface area contributed by atoms with E-state index in [1.165, 1.54) is 18.0 Å². The van der Waals surface area contributed by atoms with Crippen LogP contribution < -0.4 is 0 Å². The van der Waals surface area contributed by atoms with Crippen LogP contribution in [-0.2, 0) is 0 Å². The van der Waals surface area contributed by atoms with Gasteiger partial charge in [-0.1, -0.05) is 34.7 Å². The predicted octanol–water partition coefficient (Wildman–Crippen LogP) is 3.47. The van der Waals surface area contributed by atoms with Gasteiger partial charge in [-0.25, -0.2) is 4.39 Å². The van der Waals surface area contributed by atoms with E-state index in [4.69, 9.17) is 0 Å². The van der Waals surface area contributed by atoms with Gasteiger partial charge in [-0.05, 0) is 19.5 Å². The Hall–Kier alpha value is -0.110. The molecule has 0 N–H and O–H groups in total. The minimum Gasteiger partial charge on any atom is -0.295 e. The normalized spacial score (nSPS) is 38.8. The average molecular weight is 361 g/mol. The first kappa shape index (κ1) is 13.3. The number of piperidine rings is 1. The molecule has 2 aliphatic rings. The summed E-state index contributed by atoms with van der Waals surface area (Å²) in [5, 5.41) is 0. The summed E-state index contributed by atoms with van der Waals surface area (Å²) < 4.78 is 52.2. The van der Waals surface area contributed by atoms with Crippen molar-refractivity contribution in [1.82, 2.24) is 4.90 Å². The molecule has 0 aromatic rings. The van der Waals surface area contributed by atoms with Crippen molar-refractivity contribution in [3.63, 3.8) is 0 Å². The van der Waals surface area contributed by atoms with Crippen LogP contribution in [0, 0.1) is 5.92 Å². The molecular weight excluding hydrogens is 349 g/mol. The summed E-state index contributed by atoms with van der Waals surface area (Å²) >= 11 is 1.95. The molecule has 3 atom stereocenters. The van der Waals surface area contributed by atoms with E-state index in [0.29, 0.717) is 13.0 Å². The quantitative estimate of drug-likeness (QED) is 0.363. The summed E-state index contributed by atoms with van der Waals surface area (Å²) in [4.78, 5) is 1.20. The fraction of sp³-hybridized carbons (Fsp3) is 0.636. The highest BCUT2D eigenvalue weighted by Crippen LogP contribution is 2.50. The summed E-state index contributed by atoms with van der Waals surface area (Å²) in [6, 6.07) is -1.74. The summed E-state index contributed by atoms with van der Waals surface area (Å²) in [5.74, 6) is -1.80. The summed E-state index contributed by atoms with van der Waals surface area (Å²) in [6.45, 7) is 0.321. The second-order valence-corrected chi connectivity index (χ2v) is 6.54. The molecule has 6 heteroatoms. The van der Waals surface area contributed by atoms with Crippen LogP contribution in [-0.4, -0.2) is 34.1 Å². The average Bonchev–Trinajstić information content (AvgIpc) is 2.18. The van der Waals surface area contributed by atoms with Crippen molar-refractivity contribution in [2.45, 2.75) is 22.1 Å². The van der Waals surface area contributed by atoms with E-state index in [2.05, 4.69) is 0 Å². The van der Waals surface area contributed by atoms with Crippen molar-refractivity contribution < 1.29 is 17.6 Å². The molecule has 1 fully saturated rings. The summed E-state index contributed by atoms with van der Waals surface area (Å²) in [5.41, 5.74) is 0. The van der Waals surface area contributed by atoms with Gasteiger partial charge in [0.1, 0.15) is 11.9 Å². The number of halogens is 5. The van der Waals surface area contributed by atoms with Crippen LogP contribution in [0.4, 0.5) is 17.6 Å². The van der Waals surface area contributed by atoms with E-state index in [1.54, 1.807) is 6.08 Å². The molecule has 0 aromatic carbocycles. The fourth-order valence-corrected chi connectivity index (χ4v) is 3.66. The number of allylic oxidation sites excluding steroid dienone is 3. The Balaban J connectivity index is 2.43. The molecule has 1 aliphatic carbocycles. The zero-order valence-corrected chi connectivity index (χ0v) is 11.3. The Morgan fingerprint density at radius 2 is 2.12 bits per heavy atom. The van der Waals surface area contributed by atoms with E-state index in [-0.39, 0.29) is 0 Å². The zero-order chi connectivity index (χ0) is 12.8. The second kappa shape index (κ2) is 4.22. The lowest BCUT2D eigenvalue weighted by Crippen LogP contribution is -2.59. The van der Waals surface area contributed by atoms with Gasteiger partial charge in [0.05, 0.1) is 9.34 Å². The highest BCUT2D eigenvalue weighted by molar-refractivity contribution is 14.1. The van der Waals surface area contributed by atoms with Crippen LogP contribution in [0.1, 0.15) is 6.42 Å². The van der Waals surface area contributed by atoms with Gasteiger partial charge in [0.2, 0.25) is 0 Å². The first-order chi connectivity index (χ1) is 7.76. The highest BCUT2D eigenvalue weighted by atomic mass is 127. The molecule has 0 saturated carbocycles. The maximum Gasteiger partial charge on any atom is 0.404 e. The molecule has 1 nitrogen and oxygen atoms in total. The molecule has 0 aromatic heterocycles. The fourth-order valence-electron chi connectivity index (χ4n) is 2.57. The Kier molecular flexibility index (Phi) is 3.31. The van der Waals surface area contributed by atoms with Gasteiger partial charge >= 0.3 is 6.18 Å². The molecular formula is C11H12F4IN. The third-order valence-corrected chi connectivity index (χ3v) is 4.99. The molecule has 1 aliphatic heterocycles. The number of fused-ring (bicyclic) bond motifs is 1. The molecule has 0 spiro atoms. The minimum absolute atomic E-state index is 0.321. The minimum atomic E-state index is -4.41. The smallest absolute Gasteiger partial charge is 0.295 e. The third kappa shape index (κ3) is 2.25. The van der Waals surface area contributed by atoms with Gasteiger partial charge in [0.25, 0.3) is 0 Å². The van der Waals surface area contributed by atoms with Crippen LogP contribution in [0.5, 0.6) is 0 Å². The van der Waals surface area contributed by atoms with Gasteiger partial charge in [0, 0.05) is 6.54 Å². The van der Waals surface area contributed by atoms with Crippen LogP contribution in [0.2, 0.25) is 0 Å². The van der Waals surface area contributed by atoms with Crippen molar-refractivity contribution in [3.05, 3.63) is 24.1 Å². The predicted molar refractivity (Wildman–Crippen MR) is 65.7 cm³/mol. The van der Waals surface area contributed by atoms with Gasteiger partial charge in [-0.2, -0.15) is 13.2 Å². The number of likely N-dealkylation sites (tertiary alicyclic amines) is 1. The number of rotatable bonds is 0. The van der Waals surface area contributed by atoms with E-state index in [1.807, 2.05) is 22.6 Å². The Morgan fingerprint density at radius 3 is 2.71 bits per heavy atom. The highest BCUT2D eigenvalue weighted by Gasteiger charge is 2.57. The third-order valence-electron chi connectivity index (χ3n) is 3.42. The van der Waals surface area contributed by atoms with Crippen molar-refractivity contribution in [3.8, 4) is 0 Å². The Morgan fingerprint density at radius 1 is 1.47 bits per heavy atom. The summed E-state index contributed by atoms with van der Waals surface area (Å²) in [6.07, 6.45) is 0.454. The monoisotopic (exact) mass is 361 g/mol. The van der Waals surface area contributed by atoms with Crippen molar-refractivity contribution in [1.29, 1.82) is 0 Å². The molecule has 3 unspecified atom stereocenters. The van der Waals surface area contributed by atoms with Gasteiger partial charge in [0.15, 0.2) is 0 Å². The van der Waals surface area contributed by atoms with Crippen LogP contribution >= 0.6 is 22.6 Å². The Labute approximate surface area is 111 Å². The van der Waals surface area contributed by atoms with E-state index < -0.39 is 27.4 Å². The van der Waals surface area contributed by atoms with Crippen LogP contribution in [0.15, 0.2) is 24.1 Å². The second-order valence-electron chi connectivity index (χ2n) is 4.53. The maximum absolute atomic E-state index is 13.8. The largest absolute Gasteiger partial charge is 0.404 e. The number of nitrogens with zero attached hydrogens (tertiary/aromatic N) is 1. The lowest BCUT2D eigenvalue weighted by molar-refractivity contribution is -0.200. The van der Waals surface area contributed by atoms with E-state index in [9.17, 15) is 17.6 Å².